The number of hydrogen-bond donors (Lipinski definition) is 0. The van der Waals surface area contributed by atoms with Gasteiger partial charge in [0.25, 0.3) is 0 Å². The van der Waals surface area contributed by atoms with E-state index in [2.05, 4.69) is 12.1 Å². The maximum absolute atomic E-state index is 14.5. The molecule has 4 rings (SSSR count). The largest absolute Gasteiger partial charge is 0.340 e. The van der Waals surface area contributed by atoms with Crippen molar-refractivity contribution in [3.05, 3.63) is 96.6 Å². The van der Waals surface area contributed by atoms with Gasteiger partial charge < -0.3 is 4.90 Å². The summed E-state index contributed by atoms with van der Waals surface area (Å²) in [5.41, 5.74) is 2.58. The van der Waals surface area contributed by atoms with Gasteiger partial charge in [-0.05, 0) is 46.2 Å². The van der Waals surface area contributed by atoms with Crippen molar-refractivity contribution in [2.24, 2.45) is 0 Å². The Balaban J connectivity index is 1.86. The number of anilines is 2. The molecule has 0 atom stereocenters. The fraction of sp³-hybridized carbons (Fsp3) is 0.0435. The SMILES string of the molecule is CN(c1ccccc1F)c1cc(-c2cccc3ccccc23)ccc1F. The summed E-state index contributed by atoms with van der Waals surface area (Å²) in [6.07, 6.45) is 0. The molecule has 4 aromatic rings. The predicted molar refractivity (Wildman–Crippen MR) is 104 cm³/mol. The van der Waals surface area contributed by atoms with Gasteiger partial charge in [-0.25, -0.2) is 8.78 Å². The van der Waals surface area contributed by atoms with Crippen LogP contribution in [0.3, 0.4) is 0 Å². The Bertz CT molecular complexity index is 1080. The Hall–Kier alpha value is -3.20. The minimum Gasteiger partial charge on any atom is -0.340 e. The van der Waals surface area contributed by atoms with Crippen LogP contribution in [0.5, 0.6) is 0 Å². The summed E-state index contributed by atoms with van der Waals surface area (Å²) in [6, 6.07) is 25.5. The third-order valence-corrected chi connectivity index (χ3v) is 4.62. The summed E-state index contributed by atoms with van der Waals surface area (Å²) in [5.74, 6) is -0.773. The topological polar surface area (TPSA) is 3.24 Å². The molecule has 1 nitrogen and oxygen atoms in total. The molecule has 0 aromatic heterocycles. The summed E-state index contributed by atoms with van der Waals surface area (Å²) in [4.78, 5) is 1.54. The van der Waals surface area contributed by atoms with E-state index in [1.165, 1.54) is 12.1 Å². The normalized spacial score (nSPS) is 10.9. The molecule has 0 aliphatic carbocycles. The molecule has 0 spiro atoms. The van der Waals surface area contributed by atoms with Crippen LogP contribution in [0.1, 0.15) is 0 Å². The molecule has 0 fully saturated rings. The molecule has 3 heteroatoms. The zero-order valence-corrected chi connectivity index (χ0v) is 14.3. The van der Waals surface area contributed by atoms with Crippen LogP contribution in [0.2, 0.25) is 0 Å². The van der Waals surface area contributed by atoms with Gasteiger partial charge >= 0.3 is 0 Å². The fourth-order valence-electron chi connectivity index (χ4n) is 3.27. The van der Waals surface area contributed by atoms with Crippen molar-refractivity contribution in [2.75, 3.05) is 11.9 Å². The highest BCUT2D eigenvalue weighted by molar-refractivity contribution is 5.97. The minimum atomic E-state index is -0.389. The number of benzene rings is 4. The lowest BCUT2D eigenvalue weighted by atomic mass is 9.97. The van der Waals surface area contributed by atoms with E-state index in [1.54, 1.807) is 42.3 Å². The number of para-hydroxylation sites is 1. The lowest BCUT2D eigenvalue weighted by Crippen LogP contribution is -2.13. The van der Waals surface area contributed by atoms with Gasteiger partial charge in [-0.1, -0.05) is 60.7 Å². The van der Waals surface area contributed by atoms with Crippen molar-refractivity contribution in [3.8, 4) is 11.1 Å². The average Bonchev–Trinajstić information content (AvgIpc) is 2.68. The summed E-state index contributed by atoms with van der Waals surface area (Å²) in [7, 11) is 1.67. The molecule has 4 aromatic carbocycles. The standard InChI is InChI=1S/C23H17F2N/c1-26(22-12-5-4-11-20(22)24)23-15-17(13-14-21(23)25)19-10-6-8-16-7-2-3-9-18(16)19/h2-15H,1H3. The first-order valence-corrected chi connectivity index (χ1v) is 8.41. The molecular weight excluding hydrogens is 328 g/mol. The molecule has 0 saturated heterocycles. The van der Waals surface area contributed by atoms with Gasteiger partial charge in [-0.15, -0.1) is 0 Å². The molecule has 0 saturated carbocycles. The molecule has 0 unspecified atom stereocenters. The number of rotatable bonds is 3. The van der Waals surface area contributed by atoms with Crippen molar-refractivity contribution < 1.29 is 8.78 Å². The van der Waals surface area contributed by atoms with Crippen LogP contribution >= 0.6 is 0 Å². The van der Waals surface area contributed by atoms with E-state index in [0.29, 0.717) is 11.4 Å². The van der Waals surface area contributed by atoms with Gasteiger partial charge in [0.05, 0.1) is 11.4 Å². The Morgan fingerprint density at radius 1 is 0.654 bits per heavy atom. The Morgan fingerprint density at radius 2 is 1.35 bits per heavy atom. The third-order valence-electron chi connectivity index (χ3n) is 4.62. The summed E-state index contributed by atoms with van der Waals surface area (Å²) < 4.78 is 28.6. The predicted octanol–water partition coefficient (Wildman–Crippen LogP) is 6.55. The average molecular weight is 345 g/mol. The Kier molecular flexibility index (Phi) is 4.13. The van der Waals surface area contributed by atoms with Crippen LogP contribution in [0.25, 0.3) is 21.9 Å². The first kappa shape index (κ1) is 16.3. The molecule has 0 N–H and O–H groups in total. The molecule has 0 amide bonds. The molecule has 0 aliphatic heterocycles. The Morgan fingerprint density at radius 3 is 2.19 bits per heavy atom. The van der Waals surface area contributed by atoms with E-state index < -0.39 is 0 Å². The first-order valence-electron chi connectivity index (χ1n) is 8.41. The summed E-state index contributed by atoms with van der Waals surface area (Å²) in [6.45, 7) is 0. The van der Waals surface area contributed by atoms with E-state index >= 15 is 0 Å². The van der Waals surface area contributed by atoms with Crippen LogP contribution < -0.4 is 4.90 Å². The maximum atomic E-state index is 14.5. The van der Waals surface area contributed by atoms with Crippen molar-refractivity contribution in [3.63, 3.8) is 0 Å². The fourth-order valence-corrected chi connectivity index (χ4v) is 3.27. The van der Waals surface area contributed by atoms with E-state index in [4.69, 9.17) is 0 Å². The van der Waals surface area contributed by atoms with E-state index in [0.717, 1.165) is 21.9 Å². The second-order valence-corrected chi connectivity index (χ2v) is 6.20. The van der Waals surface area contributed by atoms with Crippen molar-refractivity contribution in [1.29, 1.82) is 0 Å². The first-order chi connectivity index (χ1) is 12.6. The van der Waals surface area contributed by atoms with Gasteiger partial charge in [-0.2, -0.15) is 0 Å². The quantitative estimate of drug-likeness (QED) is 0.407. The van der Waals surface area contributed by atoms with Crippen LogP contribution in [0, 0.1) is 11.6 Å². The summed E-state index contributed by atoms with van der Waals surface area (Å²) in [5, 5.41) is 2.22. The van der Waals surface area contributed by atoms with Gasteiger partial charge in [0.1, 0.15) is 11.6 Å². The third kappa shape index (κ3) is 2.82. The number of fused-ring (bicyclic) bond motifs is 1. The van der Waals surface area contributed by atoms with E-state index in [9.17, 15) is 8.78 Å². The highest BCUT2D eigenvalue weighted by atomic mass is 19.1. The molecular formula is C23H17F2N. The molecule has 0 heterocycles. The number of nitrogens with zero attached hydrogens (tertiary/aromatic N) is 1. The van der Waals surface area contributed by atoms with Crippen LogP contribution in [-0.2, 0) is 0 Å². The lowest BCUT2D eigenvalue weighted by molar-refractivity contribution is 0.617. The van der Waals surface area contributed by atoms with Crippen molar-refractivity contribution in [2.45, 2.75) is 0 Å². The van der Waals surface area contributed by atoms with E-state index in [-0.39, 0.29) is 11.6 Å². The Labute approximate surface area is 151 Å². The smallest absolute Gasteiger partial charge is 0.146 e. The van der Waals surface area contributed by atoms with E-state index in [1.807, 2.05) is 30.3 Å². The van der Waals surface area contributed by atoms with Gasteiger partial charge in [0, 0.05) is 7.05 Å². The zero-order valence-electron chi connectivity index (χ0n) is 14.3. The number of halogens is 2. The molecule has 128 valence electrons. The van der Waals surface area contributed by atoms with Gasteiger partial charge in [-0.3, -0.25) is 0 Å². The van der Waals surface area contributed by atoms with Crippen LogP contribution in [0.4, 0.5) is 20.2 Å². The molecule has 0 radical (unpaired) electrons. The van der Waals surface area contributed by atoms with Crippen molar-refractivity contribution in [1.82, 2.24) is 0 Å². The second kappa shape index (κ2) is 6.60. The van der Waals surface area contributed by atoms with Crippen molar-refractivity contribution >= 4 is 22.1 Å². The monoisotopic (exact) mass is 345 g/mol. The van der Waals surface area contributed by atoms with Crippen LogP contribution in [0.15, 0.2) is 84.9 Å². The summed E-state index contributed by atoms with van der Waals surface area (Å²) >= 11 is 0. The van der Waals surface area contributed by atoms with Crippen LogP contribution in [-0.4, -0.2) is 7.05 Å². The molecule has 26 heavy (non-hydrogen) atoms. The maximum Gasteiger partial charge on any atom is 0.146 e. The number of hydrogen-bond acceptors (Lipinski definition) is 1. The van der Waals surface area contributed by atoms with Gasteiger partial charge in [0.15, 0.2) is 0 Å². The highest BCUT2D eigenvalue weighted by Gasteiger charge is 2.15. The van der Waals surface area contributed by atoms with Gasteiger partial charge in [0.2, 0.25) is 0 Å². The lowest BCUT2D eigenvalue weighted by Gasteiger charge is -2.21. The minimum absolute atomic E-state index is 0.334. The zero-order chi connectivity index (χ0) is 18.1. The highest BCUT2D eigenvalue weighted by Crippen LogP contribution is 2.34. The molecule has 0 bridgehead atoms. The molecule has 0 aliphatic rings. The second-order valence-electron chi connectivity index (χ2n) is 6.20.